The Labute approximate surface area is 170 Å². The number of para-hydroxylation sites is 1. The maximum absolute atomic E-state index is 12.9. The molecule has 1 atom stereocenters. The van der Waals surface area contributed by atoms with Crippen molar-refractivity contribution in [1.29, 1.82) is 0 Å². The van der Waals surface area contributed by atoms with Crippen molar-refractivity contribution in [2.75, 3.05) is 0 Å². The van der Waals surface area contributed by atoms with Crippen LogP contribution >= 0.6 is 0 Å². The topological polar surface area (TPSA) is 136 Å². The number of carbonyl (C=O) groups excluding carboxylic acids is 3. The molecule has 0 fully saturated rings. The largest absolute Gasteiger partial charge is 0.363 e. The minimum atomic E-state index is -1.14. The van der Waals surface area contributed by atoms with Gasteiger partial charge in [0.25, 0.3) is 11.8 Å². The smallest absolute Gasteiger partial charge is 0.288 e. The molecule has 0 saturated carbocycles. The summed E-state index contributed by atoms with van der Waals surface area (Å²) in [6.07, 6.45) is 6.47. The highest BCUT2D eigenvalue weighted by Crippen LogP contribution is 2.19. The molecule has 1 unspecified atom stereocenters. The number of primary amides is 1. The average Bonchev–Trinajstić information content (AvgIpc) is 3.41. The molecule has 3 aromatic heterocycles. The minimum Gasteiger partial charge on any atom is -0.363 e. The van der Waals surface area contributed by atoms with E-state index in [0.717, 1.165) is 16.5 Å². The Bertz CT molecular complexity index is 1230. The summed E-state index contributed by atoms with van der Waals surface area (Å²) in [4.78, 5) is 48.3. The highest BCUT2D eigenvalue weighted by atomic mass is 16.2. The molecule has 9 heteroatoms. The van der Waals surface area contributed by atoms with E-state index in [4.69, 9.17) is 5.73 Å². The second kappa shape index (κ2) is 8.00. The molecule has 9 nitrogen and oxygen atoms in total. The van der Waals surface area contributed by atoms with Gasteiger partial charge in [-0.1, -0.05) is 24.3 Å². The van der Waals surface area contributed by atoms with Gasteiger partial charge in [0.05, 0.1) is 0 Å². The van der Waals surface area contributed by atoms with Crippen LogP contribution in [-0.4, -0.2) is 43.2 Å². The maximum atomic E-state index is 12.9. The fraction of sp³-hybridized carbons (Fsp3) is 0.0952. The Morgan fingerprint density at radius 2 is 1.87 bits per heavy atom. The number of aromatic nitrogens is 4. The van der Waals surface area contributed by atoms with Crippen LogP contribution in [-0.2, 0) is 16.0 Å². The van der Waals surface area contributed by atoms with E-state index in [2.05, 4.69) is 20.3 Å². The SMILES string of the molecule is NC(=O)C(=O)C(Cc1c[nH]c2ccccc12)NC(=O)c1nccn1-c1ccccn1. The summed E-state index contributed by atoms with van der Waals surface area (Å²) in [5.74, 6) is -2.09. The Balaban J connectivity index is 1.62. The molecule has 0 saturated heterocycles. The van der Waals surface area contributed by atoms with Gasteiger partial charge in [-0.05, 0) is 23.8 Å². The molecule has 2 amide bonds. The number of ketones is 1. The number of hydrogen-bond donors (Lipinski definition) is 3. The van der Waals surface area contributed by atoms with Crippen molar-refractivity contribution in [2.45, 2.75) is 12.5 Å². The van der Waals surface area contributed by atoms with Gasteiger partial charge in [0, 0.05) is 42.1 Å². The van der Waals surface area contributed by atoms with Crippen molar-refractivity contribution < 1.29 is 14.4 Å². The van der Waals surface area contributed by atoms with Crippen molar-refractivity contribution in [3.05, 3.63) is 78.6 Å². The second-order valence-electron chi connectivity index (χ2n) is 6.63. The van der Waals surface area contributed by atoms with Crippen LogP contribution < -0.4 is 11.1 Å². The van der Waals surface area contributed by atoms with Crippen molar-refractivity contribution in [3.8, 4) is 5.82 Å². The fourth-order valence-electron chi connectivity index (χ4n) is 3.28. The third-order valence-corrected chi connectivity index (χ3v) is 4.70. The number of rotatable bonds is 7. The zero-order valence-electron chi connectivity index (χ0n) is 15.8. The molecule has 0 aliphatic carbocycles. The number of imidazole rings is 1. The lowest BCUT2D eigenvalue weighted by Crippen LogP contribution is -2.47. The number of fused-ring (bicyclic) bond motifs is 1. The number of H-pyrrole nitrogens is 1. The van der Waals surface area contributed by atoms with Crippen LogP contribution in [0.25, 0.3) is 16.7 Å². The molecule has 3 heterocycles. The summed E-state index contributed by atoms with van der Waals surface area (Å²) >= 11 is 0. The molecule has 0 bridgehead atoms. The third kappa shape index (κ3) is 3.68. The predicted octanol–water partition coefficient (Wildman–Crippen LogP) is 1.14. The summed E-state index contributed by atoms with van der Waals surface area (Å²) in [5, 5.41) is 3.49. The zero-order chi connectivity index (χ0) is 21.1. The summed E-state index contributed by atoms with van der Waals surface area (Å²) < 4.78 is 1.49. The van der Waals surface area contributed by atoms with Gasteiger partial charge in [-0.3, -0.25) is 19.0 Å². The number of aromatic amines is 1. The molecule has 1 aromatic carbocycles. The predicted molar refractivity (Wildman–Crippen MR) is 109 cm³/mol. The van der Waals surface area contributed by atoms with Gasteiger partial charge in [-0.15, -0.1) is 0 Å². The molecule has 0 radical (unpaired) electrons. The Morgan fingerprint density at radius 3 is 2.63 bits per heavy atom. The van der Waals surface area contributed by atoms with Crippen LogP contribution in [0.5, 0.6) is 0 Å². The van der Waals surface area contributed by atoms with Gasteiger partial charge in [0.1, 0.15) is 11.9 Å². The Morgan fingerprint density at radius 1 is 1.07 bits per heavy atom. The van der Waals surface area contributed by atoms with E-state index in [0.29, 0.717) is 5.82 Å². The molecule has 4 N–H and O–H groups in total. The standard InChI is InChI=1S/C21H18N6O3/c22-19(29)18(28)16(11-13-12-25-15-6-2-1-5-14(13)15)26-21(30)20-24-9-10-27(20)17-7-3-4-8-23-17/h1-10,12,16,25H,11H2,(H2,22,29)(H,26,30). The van der Waals surface area contributed by atoms with Gasteiger partial charge >= 0.3 is 0 Å². The molecule has 0 aliphatic heterocycles. The van der Waals surface area contributed by atoms with E-state index in [1.54, 1.807) is 36.8 Å². The number of benzene rings is 1. The Hall–Kier alpha value is -4.27. The molecule has 30 heavy (non-hydrogen) atoms. The van der Waals surface area contributed by atoms with Gasteiger partial charge in [0.15, 0.2) is 0 Å². The van der Waals surface area contributed by atoms with Crippen molar-refractivity contribution in [3.63, 3.8) is 0 Å². The van der Waals surface area contributed by atoms with Crippen LogP contribution in [0.1, 0.15) is 16.2 Å². The summed E-state index contributed by atoms with van der Waals surface area (Å²) in [6.45, 7) is 0. The molecular weight excluding hydrogens is 384 g/mol. The number of pyridine rings is 1. The maximum Gasteiger partial charge on any atom is 0.288 e. The number of nitrogens with zero attached hydrogens (tertiary/aromatic N) is 3. The summed E-state index contributed by atoms with van der Waals surface area (Å²) in [5.41, 5.74) is 6.88. The van der Waals surface area contributed by atoms with E-state index >= 15 is 0 Å². The van der Waals surface area contributed by atoms with Gasteiger partial charge in [-0.25, -0.2) is 9.97 Å². The minimum absolute atomic E-state index is 0.0369. The molecule has 4 rings (SSSR count). The van der Waals surface area contributed by atoms with Gasteiger partial charge in [0.2, 0.25) is 11.6 Å². The Kier molecular flexibility index (Phi) is 5.08. The monoisotopic (exact) mass is 402 g/mol. The number of amides is 2. The molecule has 4 aromatic rings. The van der Waals surface area contributed by atoms with Crippen LogP contribution in [0.2, 0.25) is 0 Å². The van der Waals surface area contributed by atoms with E-state index in [-0.39, 0.29) is 12.2 Å². The molecule has 0 aliphatic rings. The second-order valence-corrected chi connectivity index (χ2v) is 6.63. The summed E-state index contributed by atoms with van der Waals surface area (Å²) in [7, 11) is 0. The lowest BCUT2D eigenvalue weighted by Gasteiger charge is -2.16. The lowest BCUT2D eigenvalue weighted by molar-refractivity contribution is -0.137. The van der Waals surface area contributed by atoms with Gasteiger partial charge < -0.3 is 16.0 Å². The van der Waals surface area contributed by atoms with E-state index in [1.165, 1.54) is 10.8 Å². The first-order valence-electron chi connectivity index (χ1n) is 9.19. The normalized spacial score (nSPS) is 11.9. The van der Waals surface area contributed by atoms with Crippen molar-refractivity contribution in [1.82, 2.24) is 24.8 Å². The quantitative estimate of drug-likeness (QED) is 0.398. The fourth-order valence-corrected chi connectivity index (χ4v) is 3.28. The number of hydrogen-bond acceptors (Lipinski definition) is 5. The first-order valence-corrected chi connectivity index (χ1v) is 9.19. The molecule has 150 valence electrons. The van der Waals surface area contributed by atoms with Crippen LogP contribution in [0.4, 0.5) is 0 Å². The summed E-state index contributed by atoms with van der Waals surface area (Å²) in [6, 6.07) is 11.7. The van der Waals surface area contributed by atoms with Crippen LogP contribution in [0.3, 0.4) is 0 Å². The van der Waals surface area contributed by atoms with Crippen molar-refractivity contribution in [2.24, 2.45) is 5.73 Å². The van der Waals surface area contributed by atoms with Gasteiger partial charge in [-0.2, -0.15) is 0 Å². The lowest BCUT2D eigenvalue weighted by atomic mass is 10.0. The molecular formula is C21H18N6O3. The van der Waals surface area contributed by atoms with Crippen LogP contribution in [0, 0.1) is 0 Å². The van der Waals surface area contributed by atoms with E-state index in [1.807, 2.05) is 24.3 Å². The third-order valence-electron chi connectivity index (χ3n) is 4.70. The van der Waals surface area contributed by atoms with E-state index in [9.17, 15) is 14.4 Å². The van der Waals surface area contributed by atoms with E-state index < -0.39 is 23.6 Å². The zero-order valence-corrected chi connectivity index (χ0v) is 15.8. The number of Topliss-reactive ketones (excluding diaryl/α,β-unsaturated/α-hetero) is 1. The first kappa shape index (κ1) is 19.1. The van der Waals surface area contributed by atoms with Crippen molar-refractivity contribution >= 4 is 28.5 Å². The number of carbonyl (C=O) groups is 3. The average molecular weight is 402 g/mol. The van der Waals surface area contributed by atoms with Crippen LogP contribution in [0.15, 0.2) is 67.3 Å². The highest BCUT2D eigenvalue weighted by molar-refractivity contribution is 6.38. The number of nitrogens with two attached hydrogens (primary N) is 1. The highest BCUT2D eigenvalue weighted by Gasteiger charge is 2.28. The number of nitrogens with one attached hydrogen (secondary N) is 2. The first-order chi connectivity index (χ1) is 14.5. The molecule has 0 spiro atoms.